The molecule has 0 amide bonds. The zero-order chi connectivity index (χ0) is 26.2. The first-order valence-corrected chi connectivity index (χ1v) is 14.5. The molecule has 0 aromatic heterocycles. The van der Waals surface area contributed by atoms with Gasteiger partial charge in [-0.1, -0.05) is 58.1 Å². The highest BCUT2D eigenvalue weighted by Crippen LogP contribution is 2.40. The summed E-state index contributed by atoms with van der Waals surface area (Å²) in [7, 11) is 0. The van der Waals surface area contributed by atoms with Gasteiger partial charge < -0.3 is 9.47 Å². The van der Waals surface area contributed by atoms with Crippen molar-refractivity contribution in [3.8, 4) is 11.5 Å². The van der Waals surface area contributed by atoms with E-state index in [-0.39, 0.29) is 23.4 Å². The van der Waals surface area contributed by atoms with Gasteiger partial charge in [0.15, 0.2) is 23.1 Å². The molecule has 2 aliphatic rings. The molecule has 2 fully saturated rings. The lowest BCUT2D eigenvalue weighted by Crippen LogP contribution is -2.20. The van der Waals surface area contributed by atoms with Gasteiger partial charge in [-0.25, -0.2) is 8.78 Å². The summed E-state index contributed by atoms with van der Waals surface area (Å²) in [5.74, 6) is -0.178. The first kappa shape index (κ1) is 27.9. The van der Waals surface area contributed by atoms with Crippen LogP contribution in [-0.2, 0) is 0 Å². The molecule has 2 nitrogen and oxygen atoms in total. The van der Waals surface area contributed by atoms with E-state index in [0.29, 0.717) is 36.4 Å². The smallest absolute Gasteiger partial charge is 0.200 e. The van der Waals surface area contributed by atoms with E-state index in [4.69, 9.17) is 9.47 Å². The van der Waals surface area contributed by atoms with Gasteiger partial charge in [-0.05, 0) is 97.9 Å². The lowest BCUT2D eigenvalue weighted by atomic mass is 9.79. The van der Waals surface area contributed by atoms with Crippen molar-refractivity contribution in [3.05, 3.63) is 58.9 Å². The summed E-state index contributed by atoms with van der Waals surface area (Å²) in [5.41, 5.74) is 1.51. The Bertz CT molecular complexity index is 992. The van der Waals surface area contributed by atoms with Crippen LogP contribution in [0.5, 0.6) is 11.5 Å². The van der Waals surface area contributed by atoms with E-state index in [9.17, 15) is 13.2 Å². The van der Waals surface area contributed by atoms with Crippen molar-refractivity contribution in [3.63, 3.8) is 0 Å². The van der Waals surface area contributed by atoms with Gasteiger partial charge in [0.1, 0.15) is 0 Å². The molecule has 2 aromatic carbocycles. The highest BCUT2D eigenvalue weighted by Gasteiger charge is 2.27. The maximum Gasteiger partial charge on any atom is 0.200 e. The number of unbranched alkanes of at least 4 members (excludes halogenated alkanes) is 3. The molecule has 0 atom stereocenters. The highest BCUT2D eigenvalue weighted by atomic mass is 19.2. The SMILES string of the molecule is CCCCCCOc1ccc(C2CCC(COc3ccc(C4CCC(C)CC4)c(F)c3F)CC2)cc1F. The molecule has 0 spiro atoms. The quantitative estimate of drug-likeness (QED) is 0.277. The Balaban J connectivity index is 1.24. The number of hydrogen-bond donors (Lipinski definition) is 0. The van der Waals surface area contributed by atoms with Crippen LogP contribution in [0.3, 0.4) is 0 Å². The molecule has 4 rings (SSSR count). The second-order valence-electron chi connectivity index (χ2n) is 11.4. The van der Waals surface area contributed by atoms with Gasteiger partial charge in [0.2, 0.25) is 5.82 Å². The second-order valence-corrected chi connectivity index (χ2v) is 11.4. The van der Waals surface area contributed by atoms with Gasteiger partial charge in [-0.15, -0.1) is 0 Å². The Morgan fingerprint density at radius 3 is 2.14 bits per heavy atom. The van der Waals surface area contributed by atoms with Gasteiger partial charge in [0.05, 0.1) is 13.2 Å². The van der Waals surface area contributed by atoms with Gasteiger partial charge >= 0.3 is 0 Å². The van der Waals surface area contributed by atoms with E-state index in [2.05, 4.69) is 13.8 Å². The van der Waals surface area contributed by atoms with Gasteiger partial charge in [-0.3, -0.25) is 0 Å². The predicted molar refractivity (Wildman–Crippen MR) is 143 cm³/mol. The Morgan fingerprint density at radius 1 is 0.730 bits per heavy atom. The number of hydrogen-bond acceptors (Lipinski definition) is 2. The van der Waals surface area contributed by atoms with Crippen molar-refractivity contribution in [1.82, 2.24) is 0 Å². The molecule has 5 heteroatoms. The lowest BCUT2D eigenvalue weighted by Gasteiger charge is -2.29. The van der Waals surface area contributed by atoms with Crippen LogP contribution in [0.15, 0.2) is 30.3 Å². The lowest BCUT2D eigenvalue weighted by molar-refractivity contribution is 0.192. The van der Waals surface area contributed by atoms with Crippen LogP contribution in [0.4, 0.5) is 13.2 Å². The average molecular weight is 517 g/mol. The van der Waals surface area contributed by atoms with Gasteiger partial charge in [-0.2, -0.15) is 4.39 Å². The zero-order valence-corrected chi connectivity index (χ0v) is 22.5. The van der Waals surface area contributed by atoms with Crippen LogP contribution >= 0.6 is 0 Å². The Morgan fingerprint density at radius 2 is 1.43 bits per heavy atom. The summed E-state index contributed by atoms with van der Waals surface area (Å²) in [4.78, 5) is 0. The van der Waals surface area contributed by atoms with Crippen molar-refractivity contribution in [2.75, 3.05) is 13.2 Å². The molecule has 37 heavy (non-hydrogen) atoms. The number of benzene rings is 2. The molecular weight excluding hydrogens is 473 g/mol. The van der Waals surface area contributed by atoms with Crippen LogP contribution in [-0.4, -0.2) is 13.2 Å². The molecular formula is C32H43F3O2. The third-order valence-electron chi connectivity index (χ3n) is 8.54. The van der Waals surface area contributed by atoms with Crippen molar-refractivity contribution in [1.29, 1.82) is 0 Å². The molecule has 0 aliphatic heterocycles. The van der Waals surface area contributed by atoms with E-state index in [1.54, 1.807) is 24.3 Å². The normalized spacial score (nSPS) is 24.1. The average Bonchev–Trinajstić information content (AvgIpc) is 2.91. The van der Waals surface area contributed by atoms with Crippen molar-refractivity contribution < 1.29 is 22.6 Å². The largest absolute Gasteiger partial charge is 0.491 e. The van der Waals surface area contributed by atoms with Gasteiger partial charge in [0, 0.05) is 0 Å². The Hall–Kier alpha value is -2.17. The van der Waals surface area contributed by atoms with Crippen LogP contribution in [0.1, 0.15) is 114 Å². The maximum atomic E-state index is 14.8. The fraction of sp³-hybridized carbons (Fsp3) is 0.625. The summed E-state index contributed by atoms with van der Waals surface area (Å²) < 4.78 is 55.6. The van der Waals surface area contributed by atoms with E-state index in [1.807, 2.05) is 6.07 Å². The predicted octanol–water partition coefficient (Wildman–Crippen LogP) is 9.71. The Kier molecular flexibility index (Phi) is 10.2. The number of halogens is 3. The maximum absolute atomic E-state index is 14.8. The van der Waals surface area contributed by atoms with Gasteiger partial charge in [0.25, 0.3) is 0 Å². The summed E-state index contributed by atoms with van der Waals surface area (Å²) in [5, 5.41) is 0. The summed E-state index contributed by atoms with van der Waals surface area (Å²) >= 11 is 0. The molecule has 2 aliphatic carbocycles. The van der Waals surface area contributed by atoms with Crippen LogP contribution in [0, 0.1) is 29.3 Å². The standard InChI is InChI=1S/C32H43F3O2/c1-3-4-5-6-19-36-29-17-15-26(20-28(29)33)24-13-9-23(10-14-24)21-37-30-18-16-27(31(34)32(30)35)25-11-7-22(2)8-12-25/h15-18,20,22-25H,3-14,19,21H2,1-2H3. The fourth-order valence-corrected chi connectivity index (χ4v) is 6.01. The third-order valence-corrected chi connectivity index (χ3v) is 8.54. The molecule has 0 heterocycles. The number of rotatable bonds is 11. The molecule has 2 saturated carbocycles. The molecule has 2 aromatic rings. The van der Waals surface area contributed by atoms with E-state index in [1.165, 1.54) is 12.8 Å². The molecule has 204 valence electrons. The Labute approximate surface area is 220 Å². The summed E-state index contributed by atoms with van der Waals surface area (Å²) in [6.07, 6.45) is 12.1. The monoisotopic (exact) mass is 516 g/mol. The van der Waals surface area contributed by atoms with Crippen LogP contribution in [0.25, 0.3) is 0 Å². The molecule has 0 N–H and O–H groups in total. The third kappa shape index (κ3) is 7.45. The number of ether oxygens (including phenoxy) is 2. The van der Waals surface area contributed by atoms with Crippen molar-refractivity contribution in [2.24, 2.45) is 11.8 Å². The van der Waals surface area contributed by atoms with Crippen LogP contribution < -0.4 is 9.47 Å². The molecule has 0 bridgehead atoms. The summed E-state index contributed by atoms with van der Waals surface area (Å²) in [6.45, 7) is 5.31. The fourth-order valence-electron chi connectivity index (χ4n) is 6.01. The van der Waals surface area contributed by atoms with Crippen molar-refractivity contribution >= 4 is 0 Å². The summed E-state index contributed by atoms with van der Waals surface area (Å²) in [6, 6.07) is 8.69. The van der Waals surface area contributed by atoms with E-state index in [0.717, 1.165) is 69.8 Å². The molecule has 0 radical (unpaired) electrons. The molecule has 0 unspecified atom stereocenters. The van der Waals surface area contributed by atoms with E-state index >= 15 is 0 Å². The highest BCUT2D eigenvalue weighted by molar-refractivity contribution is 5.34. The topological polar surface area (TPSA) is 18.5 Å². The second kappa shape index (κ2) is 13.6. The first-order chi connectivity index (χ1) is 18.0. The first-order valence-electron chi connectivity index (χ1n) is 14.5. The van der Waals surface area contributed by atoms with Crippen LogP contribution in [0.2, 0.25) is 0 Å². The van der Waals surface area contributed by atoms with E-state index < -0.39 is 11.6 Å². The minimum Gasteiger partial charge on any atom is -0.491 e. The zero-order valence-electron chi connectivity index (χ0n) is 22.5. The minimum atomic E-state index is -0.854. The molecule has 0 saturated heterocycles. The van der Waals surface area contributed by atoms with Crippen molar-refractivity contribution in [2.45, 2.75) is 103 Å². The minimum absolute atomic E-state index is 0.0138.